The number of alkyl halides is 1. The molecule has 5 nitrogen and oxygen atoms in total. The van der Waals surface area contributed by atoms with Crippen LogP contribution in [0.2, 0.25) is 0 Å². The predicted molar refractivity (Wildman–Crippen MR) is 98.9 cm³/mol. The molecule has 0 fully saturated rings. The van der Waals surface area contributed by atoms with Gasteiger partial charge >= 0.3 is 0 Å². The number of anilines is 2. The molecule has 122 valence electrons. The molecule has 0 radical (unpaired) electrons. The van der Waals surface area contributed by atoms with Crippen molar-refractivity contribution in [2.24, 2.45) is 0 Å². The summed E-state index contributed by atoms with van der Waals surface area (Å²) in [5, 5.41) is 3.27. The number of ether oxygens (including phenoxy) is 1. The van der Waals surface area contributed by atoms with Crippen LogP contribution in [0, 0.1) is 0 Å². The van der Waals surface area contributed by atoms with E-state index in [2.05, 4.69) is 36.2 Å². The van der Waals surface area contributed by atoms with Gasteiger partial charge in [0.2, 0.25) is 0 Å². The third-order valence-corrected chi connectivity index (χ3v) is 3.81. The highest BCUT2D eigenvalue weighted by molar-refractivity contribution is 9.09. The van der Waals surface area contributed by atoms with Crippen molar-refractivity contribution in [3.05, 3.63) is 60.7 Å². The van der Waals surface area contributed by atoms with Crippen LogP contribution in [0.15, 0.2) is 54.9 Å². The van der Waals surface area contributed by atoms with Gasteiger partial charge in [0.15, 0.2) is 0 Å². The molecule has 1 N–H and O–H groups in total. The minimum Gasteiger partial charge on any atom is -0.497 e. The summed E-state index contributed by atoms with van der Waals surface area (Å²) in [4.78, 5) is 13.4. The largest absolute Gasteiger partial charge is 0.497 e. The van der Waals surface area contributed by atoms with E-state index in [0.29, 0.717) is 5.82 Å². The molecule has 0 bridgehead atoms. The first-order valence-electron chi connectivity index (χ1n) is 7.50. The second kappa shape index (κ2) is 7.40. The van der Waals surface area contributed by atoms with Crippen LogP contribution >= 0.6 is 15.9 Å². The smallest absolute Gasteiger partial charge is 0.144 e. The molecule has 0 amide bonds. The van der Waals surface area contributed by atoms with Crippen molar-refractivity contribution in [3.63, 3.8) is 0 Å². The molecule has 0 spiro atoms. The molecule has 0 aliphatic carbocycles. The van der Waals surface area contributed by atoms with Gasteiger partial charge in [0.25, 0.3) is 0 Å². The molecule has 1 unspecified atom stereocenters. The van der Waals surface area contributed by atoms with Gasteiger partial charge in [-0.1, -0.05) is 28.1 Å². The van der Waals surface area contributed by atoms with Crippen molar-refractivity contribution < 1.29 is 4.74 Å². The quantitative estimate of drug-likeness (QED) is 0.643. The van der Waals surface area contributed by atoms with Crippen LogP contribution in [0.4, 0.5) is 11.5 Å². The second-order valence-corrected chi connectivity index (χ2v) is 6.58. The Morgan fingerprint density at radius 3 is 2.71 bits per heavy atom. The van der Waals surface area contributed by atoms with E-state index in [0.717, 1.165) is 28.5 Å². The standard InChI is InChI=1S/C18H17BrN4O/c1-12(19)18-22-16(13-5-3-7-15(9-13)24-2)10-17(23-18)21-14-6-4-8-20-11-14/h3-12H,1-2H3,(H,21,22,23). The lowest BCUT2D eigenvalue weighted by Crippen LogP contribution is -2.02. The number of halogens is 1. The molecule has 2 aromatic heterocycles. The van der Waals surface area contributed by atoms with Gasteiger partial charge in [-0.2, -0.15) is 0 Å². The van der Waals surface area contributed by atoms with Crippen LogP contribution in [0.25, 0.3) is 11.3 Å². The molecule has 0 aliphatic rings. The molecule has 1 aromatic carbocycles. The Kier molecular flexibility index (Phi) is 5.05. The van der Waals surface area contributed by atoms with E-state index in [9.17, 15) is 0 Å². The van der Waals surface area contributed by atoms with Crippen LogP contribution < -0.4 is 10.1 Å². The highest BCUT2D eigenvalue weighted by Gasteiger charge is 2.11. The Hall–Kier alpha value is -2.47. The van der Waals surface area contributed by atoms with Crippen LogP contribution in [-0.2, 0) is 0 Å². The van der Waals surface area contributed by atoms with Crippen molar-refractivity contribution in [3.8, 4) is 17.0 Å². The SMILES string of the molecule is COc1cccc(-c2cc(Nc3cccnc3)nc(C(C)Br)n2)c1. The lowest BCUT2D eigenvalue weighted by Gasteiger charge is -2.12. The van der Waals surface area contributed by atoms with Gasteiger partial charge in [0.05, 0.1) is 29.5 Å². The third-order valence-electron chi connectivity index (χ3n) is 3.40. The summed E-state index contributed by atoms with van der Waals surface area (Å²) in [5.74, 6) is 2.22. The maximum absolute atomic E-state index is 5.30. The number of methoxy groups -OCH3 is 1. The fourth-order valence-corrected chi connectivity index (χ4v) is 2.43. The zero-order valence-electron chi connectivity index (χ0n) is 13.4. The number of pyridine rings is 1. The van der Waals surface area contributed by atoms with E-state index in [4.69, 9.17) is 4.74 Å². The number of hydrogen-bond donors (Lipinski definition) is 1. The Morgan fingerprint density at radius 1 is 1.12 bits per heavy atom. The summed E-state index contributed by atoms with van der Waals surface area (Å²) < 4.78 is 5.30. The Bertz CT molecular complexity index is 824. The molecular formula is C18H17BrN4O. The van der Waals surface area contributed by atoms with E-state index in [1.54, 1.807) is 19.5 Å². The maximum Gasteiger partial charge on any atom is 0.144 e. The van der Waals surface area contributed by atoms with Crippen LogP contribution in [0.3, 0.4) is 0 Å². The number of benzene rings is 1. The van der Waals surface area contributed by atoms with Gasteiger partial charge in [0.1, 0.15) is 17.4 Å². The van der Waals surface area contributed by atoms with E-state index in [1.807, 2.05) is 49.4 Å². The predicted octanol–water partition coefficient (Wildman–Crippen LogP) is 4.75. The normalized spacial score (nSPS) is 11.8. The minimum absolute atomic E-state index is 0.0394. The number of aromatic nitrogens is 3. The molecule has 3 rings (SSSR count). The molecule has 24 heavy (non-hydrogen) atoms. The first-order chi connectivity index (χ1) is 11.7. The Labute approximate surface area is 149 Å². The fourth-order valence-electron chi connectivity index (χ4n) is 2.22. The van der Waals surface area contributed by atoms with E-state index in [-0.39, 0.29) is 4.83 Å². The summed E-state index contributed by atoms with van der Waals surface area (Å²) in [6.45, 7) is 2.00. The van der Waals surface area contributed by atoms with Crippen molar-refractivity contribution in [1.82, 2.24) is 15.0 Å². The van der Waals surface area contributed by atoms with Gasteiger partial charge in [-0.05, 0) is 31.2 Å². The molecule has 0 aliphatic heterocycles. The highest BCUT2D eigenvalue weighted by atomic mass is 79.9. The molecule has 3 aromatic rings. The summed E-state index contributed by atoms with van der Waals surface area (Å²) in [7, 11) is 1.65. The Morgan fingerprint density at radius 2 is 2.00 bits per heavy atom. The summed E-state index contributed by atoms with van der Waals surface area (Å²) in [6, 6.07) is 13.5. The van der Waals surface area contributed by atoms with Gasteiger partial charge in [-0.3, -0.25) is 4.98 Å². The average Bonchev–Trinajstić information content (AvgIpc) is 2.62. The first-order valence-corrected chi connectivity index (χ1v) is 8.42. The zero-order chi connectivity index (χ0) is 16.9. The molecule has 2 heterocycles. The number of rotatable bonds is 5. The second-order valence-electron chi connectivity index (χ2n) is 5.21. The van der Waals surface area contributed by atoms with Gasteiger partial charge < -0.3 is 10.1 Å². The van der Waals surface area contributed by atoms with Crippen LogP contribution in [-0.4, -0.2) is 22.1 Å². The van der Waals surface area contributed by atoms with Crippen molar-refractivity contribution in [2.75, 3.05) is 12.4 Å². The maximum atomic E-state index is 5.30. The molecule has 0 saturated carbocycles. The highest BCUT2D eigenvalue weighted by Crippen LogP contribution is 2.28. The minimum atomic E-state index is 0.0394. The lowest BCUT2D eigenvalue weighted by atomic mass is 10.1. The average molecular weight is 385 g/mol. The molecule has 6 heteroatoms. The molecule has 0 saturated heterocycles. The fraction of sp³-hybridized carbons (Fsp3) is 0.167. The Balaban J connectivity index is 2.02. The first kappa shape index (κ1) is 16.4. The van der Waals surface area contributed by atoms with Gasteiger partial charge in [-0.25, -0.2) is 9.97 Å². The lowest BCUT2D eigenvalue weighted by molar-refractivity contribution is 0.415. The third kappa shape index (κ3) is 3.89. The summed E-state index contributed by atoms with van der Waals surface area (Å²) in [6.07, 6.45) is 3.49. The monoisotopic (exact) mass is 384 g/mol. The van der Waals surface area contributed by atoms with Crippen molar-refractivity contribution in [2.45, 2.75) is 11.8 Å². The molecular weight excluding hydrogens is 368 g/mol. The number of nitrogens with one attached hydrogen (secondary N) is 1. The van der Waals surface area contributed by atoms with E-state index < -0.39 is 0 Å². The zero-order valence-corrected chi connectivity index (χ0v) is 15.0. The summed E-state index contributed by atoms with van der Waals surface area (Å²) >= 11 is 3.55. The van der Waals surface area contributed by atoms with Gasteiger partial charge in [0, 0.05) is 17.8 Å². The van der Waals surface area contributed by atoms with Crippen molar-refractivity contribution in [1.29, 1.82) is 0 Å². The van der Waals surface area contributed by atoms with Gasteiger partial charge in [-0.15, -0.1) is 0 Å². The number of nitrogens with zero attached hydrogens (tertiary/aromatic N) is 3. The van der Waals surface area contributed by atoms with Crippen LogP contribution in [0.5, 0.6) is 5.75 Å². The van der Waals surface area contributed by atoms with E-state index >= 15 is 0 Å². The molecule has 1 atom stereocenters. The number of hydrogen-bond acceptors (Lipinski definition) is 5. The van der Waals surface area contributed by atoms with Crippen molar-refractivity contribution >= 4 is 27.4 Å². The topological polar surface area (TPSA) is 59.9 Å². The summed E-state index contributed by atoms with van der Waals surface area (Å²) in [5.41, 5.74) is 2.68. The van der Waals surface area contributed by atoms with Crippen LogP contribution in [0.1, 0.15) is 17.6 Å². The van der Waals surface area contributed by atoms with E-state index in [1.165, 1.54) is 0 Å².